The van der Waals surface area contributed by atoms with Gasteiger partial charge in [-0.05, 0) is 18.9 Å². The Labute approximate surface area is 113 Å². The third-order valence-corrected chi connectivity index (χ3v) is 3.95. The molecule has 102 valence electrons. The number of rotatable bonds is 4. The summed E-state index contributed by atoms with van der Waals surface area (Å²) in [5.41, 5.74) is 1.16. The van der Waals surface area contributed by atoms with Crippen molar-refractivity contribution in [3.8, 4) is 5.75 Å². The van der Waals surface area contributed by atoms with E-state index >= 15 is 0 Å². The second-order valence-electron chi connectivity index (χ2n) is 5.34. The summed E-state index contributed by atoms with van der Waals surface area (Å²) in [6.07, 6.45) is 3.22. The topological polar surface area (TPSA) is 41.6 Å². The van der Waals surface area contributed by atoms with E-state index in [4.69, 9.17) is 4.74 Å². The first kappa shape index (κ1) is 12.5. The van der Waals surface area contributed by atoms with Gasteiger partial charge in [-0.25, -0.2) is 0 Å². The van der Waals surface area contributed by atoms with Crippen LogP contribution in [0.3, 0.4) is 0 Å². The van der Waals surface area contributed by atoms with Crippen LogP contribution < -0.4 is 10.1 Å². The van der Waals surface area contributed by atoms with Crippen LogP contribution in [0.5, 0.6) is 5.75 Å². The summed E-state index contributed by atoms with van der Waals surface area (Å²) in [5, 5.41) is 3.37. The average Bonchev–Trinajstić information content (AvgIpc) is 3.28. The minimum Gasteiger partial charge on any atom is -0.493 e. The molecule has 4 heteroatoms. The van der Waals surface area contributed by atoms with E-state index in [9.17, 15) is 4.79 Å². The van der Waals surface area contributed by atoms with E-state index in [1.54, 1.807) is 0 Å². The molecule has 0 bridgehead atoms. The van der Waals surface area contributed by atoms with Crippen molar-refractivity contribution in [3.05, 3.63) is 29.8 Å². The second-order valence-corrected chi connectivity index (χ2v) is 5.34. The molecule has 0 spiro atoms. The summed E-state index contributed by atoms with van der Waals surface area (Å²) in [6.45, 7) is 1.12. The first-order valence-electron chi connectivity index (χ1n) is 6.96. The van der Waals surface area contributed by atoms with Crippen LogP contribution in [-0.4, -0.2) is 37.0 Å². The molecule has 1 aliphatic carbocycles. The molecular formula is C15H20N2O2. The lowest BCUT2D eigenvalue weighted by atomic mass is 10.0. The van der Waals surface area contributed by atoms with Crippen LogP contribution >= 0.6 is 0 Å². The number of hydrogen-bond acceptors (Lipinski definition) is 3. The molecule has 1 heterocycles. The molecule has 19 heavy (non-hydrogen) atoms. The molecule has 1 unspecified atom stereocenters. The van der Waals surface area contributed by atoms with Gasteiger partial charge in [0, 0.05) is 31.1 Å². The third kappa shape index (κ3) is 2.73. The highest BCUT2D eigenvalue weighted by atomic mass is 16.5. The molecule has 2 aliphatic rings. The molecule has 4 nitrogen and oxygen atoms in total. The normalized spacial score (nSPS) is 21.4. The van der Waals surface area contributed by atoms with Gasteiger partial charge in [0.1, 0.15) is 5.75 Å². The molecule has 1 aliphatic heterocycles. The van der Waals surface area contributed by atoms with E-state index in [0.717, 1.165) is 30.6 Å². The van der Waals surface area contributed by atoms with Crippen molar-refractivity contribution in [2.75, 3.05) is 20.2 Å². The van der Waals surface area contributed by atoms with Gasteiger partial charge in [0.15, 0.2) is 0 Å². The number of hydrogen-bond donors (Lipinski definition) is 1. The van der Waals surface area contributed by atoms with Gasteiger partial charge in [-0.1, -0.05) is 18.2 Å². The Balaban J connectivity index is 1.60. The zero-order valence-corrected chi connectivity index (χ0v) is 11.3. The largest absolute Gasteiger partial charge is 0.493 e. The van der Waals surface area contributed by atoms with Crippen LogP contribution in [-0.2, 0) is 4.79 Å². The number of benzene rings is 1. The Morgan fingerprint density at radius 2 is 2.16 bits per heavy atom. The van der Waals surface area contributed by atoms with Gasteiger partial charge in [0.25, 0.3) is 0 Å². The fraction of sp³-hybridized carbons (Fsp3) is 0.533. The van der Waals surface area contributed by atoms with Crippen molar-refractivity contribution in [1.82, 2.24) is 10.2 Å². The van der Waals surface area contributed by atoms with Crippen molar-refractivity contribution in [2.24, 2.45) is 0 Å². The predicted molar refractivity (Wildman–Crippen MR) is 73.1 cm³/mol. The quantitative estimate of drug-likeness (QED) is 0.896. The van der Waals surface area contributed by atoms with Gasteiger partial charge in [-0.15, -0.1) is 0 Å². The number of nitrogens with zero attached hydrogens (tertiary/aromatic N) is 1. The molecule has 3 rings (SSSR count). The molecule has 1 fully saturated rings. The molecule has 1 N–H and O–H groups in total. The van der Waals surface area contributed by atoms with E-state index in [1.165, 1.54) is 0 Å². The maximum Gasteiger partial charge on any atom is 0.236 e. The minimum absolute atomic E-state index is 0.187. The Hall–Kier alpha value is -1.55. The zero-order valence-electron chi connectivity index (χ0n) is 11.3. The molecule has 0 radical (unpaired) electrons. The summed E-state index contributed by atoms with van der Waals surface area (Å²) in [7, 11) is 1.90. The smallest absolute Gasteiger partial charge is 0.236 e. The summed E-state index contributed by atoms with van der Waals surface area (Å²) in [5.74, 6) is 1.13. The van der Waals surface area contributed by atoms with E-state index in [2.05, 4.69) is 11.4 Å². The van der Waals surface area contributed by atoms with Crippen LogP contribution in [0.25, 0.3) is 0 Å². The number of likely N-dealkylation sites (N-methyl/N-ethyl adjacent to an activating group) is 1. The van der Waals surface area contributed by atoms with Crippen molar-refractivity contribution < 1.29 is 9.53 Å². The maximum atomic E-state index is 12.0. The standard InChI is InChI=1S/C15H20N2O2/c1-17(11-6-7-11)15(18)10-16-13-8-9-19-14-5-3-2-4-12(13)14/h2-5,11,13,16H,6-10H2,1H3. The predicted octanol–water partition coefficient (Wildman–Crippen LogP) is 1.72. The summed E-state index contributed by atoms with van der Waals surface area (Å²) < 4.78 is 5.62. The van der Waals surface area contributed by atoms with Gasteiger partial charge in [0.2, 0.25) is 5.91 Å². The molecule has 1 amide bonds. The maximum absolute atomic E-state index is 12.0. The van der Waals surface area contributed by atoms with Crippen molar-refractivity contribution in [1.29, 1.82) is 0 Å². The van der Waals surface area contributed by atoms with Crippen molar-refractivity contribution >= 4 is 5.91 Å². The number of fused-ring (bicyclic) bond motifs is 1. The number of carbonyl (C=O) groups excluding carboxylic acids is 1. The minimum atomic E-state index is 0.187. The van der Waals surface area contributed by atoms with Crippen LogP contribution in [0.4, 0.5) is 0 Å². The Morgan fingerprint density at radius 1 is 1.37 bits per heavy atom. The number of carbonyl (C=O) groups is 1. The fourth-order valence-corrected chi connectivity index (χ4v) is 2.55. The lowest BCUT2D eigenvalue weighted by molar-refractivity contribution is -0.129. The van der Waals surface area contributed by atoms with Gasteiger partial charge in [-0.3, -0.25) is 4.79 Å². The van der Waals surface area contributed by atoms with E-state index in [0.29, 0.717) is 19.2 Å². The third-order valence-electron chi connectivity index (χ3n) is 3.95. The van der Waals surface area contributed by atoms with Crippen molar-refractivity contribution in [3.63, 3.8) is 0 Å². The van der Waals surface area contributed by atoms with Gasteiger partial charge >= 0.3 is 0 Å². The van der Waals surface area contributed by atoms with Crippen LogP contribution in [0, 0.1) is 0 Å². The molecule has 0 saturated heterocycles. The number of nitrogens with one attached hydrogen (secondary N) is 1. The molecule has 1 aromatic rings. The van der Waals surface area contributed by atoms with Crippen LogP contribution in [0.1, 0.15) is 30.9 Å². The highest BCUT2D eigenvalue weighted by Crippen LogP contribution is 2.31. The Morgan fingerprint density at radius 3 is 2.95 bits per heavy atom. The first-order valence-corrected chi connectivity index (χ1v) is 6.96. The molecule has 0 aromatic heterocycles. The summed E-state index contributed by atoms with van der Waals surface area (Å²) in [6, 6.07) is 8.76. The van der Waals surface area contributed by atoms with E-state index < -0.39 is 0 Å². The zero-order chi connectivity index (χ0) is 13.2. The number of amides is 1. The molecule has 1 atom stereocenters. The SMILES string of the molecule is CN(C(=O)CNC1CCOc2ccccc21)C1CC1. The van der Waals surface area contributed by atoms with Crippen LogP contribution in [0.2, 0.25) is 0 Å². The second kappa shape index (κ2) is 5.21. The fourth-order valence-electron chi connectivity index (χ4n) is 2.55. The summed E-state index contributed by atoms with van der Waals surface area (Å²) >= 11 is 0. The van der Waals surface area contributed by atoms with Gasteiger partial charge < -0.3 is 15.0 Å². The highest BCUT2D eigenvalue weighted by Gasteiger charge is 2.30. The lowest BCUT2D eigenvalue weighted by Gasteiger charge is -2.27. The Kier molecular flexibility index (Phi) is 3.42. The Bertz CT molecular complexity index is 471. The van der Waals surface area contributed by atoms with Gasteiger partial charge in [-0.2, -0.15) is 0 Å². The average molecular weight is 260 g/mol. The van der Waals surface area contributed by atoms with Crippen LogP contribution in [0.15, 0.2) is 24.3 Å². The first-order chi connectivity index (χ1) is 9.25. The number of para-hydroxylation sites is 1. The molecule has 1 saturated carbocycles. The van der Waals surface area contributed by atoms with Gasteiger partial charge in [0.05, 0.1) is 13.2 Å². The van der Waals surface area contributed by atoms with E-state index in [-0.39, 0.29) is 11.9 Å². The lowest BCUT2D eigenvalue weighted by Crippen LogP contribution is -2.39. The number of ether oxygens (including phenoxy) is 1. The summed E-state index contributed by atoms with van der Waals surface area (Å²) in [4.78, 5) is 13.9. The highest BCUT2D eigenvalue weighted by molar-refractivity contribution is 5.78. The molecule has 1 aromatic carbocycles. The van der Waals surface area contributed by atoms with E-state index in [1.807, 2.05) is 30.1 Å². The monoisotopic (exact) mass is 260 g/mol. The molecular weight excluding hydrogens is 240 g/mol. The van der Waals surface area contributed by atoms with Crippen molar-refractivity contribution in [2.45, 2.75) is 31.3 Å².